The van der Waals surface area contributed by atoms with Gasteiger partial charge in [0, 0.05) is 0 Å². The fourth-order valence-electron chi connectivity index (χ4n) is 1.10. The molecule has 0 fully saturated rings. The van der Waals surface area contributed by atoms with Crippen LogP contribution in [0.4, 0.5) is 0 Å². The van der Waals surface area contributed by atoms with Crippen LogP contribution in [-0.4, -0.2) is 0 Å². The minimum atomic E-state index is 1.12. The minimum Gasteiger partial charge on any atom is -0.0835 e. The summed E-state index contributed by atoms with van der Waals surface area (Å²) in [5.74, 6) is 0. The van der Waals surface area contributed by atoms with Crippen LogP contribution < -0.4 is 0 Å². The third kappa shape index (κ3) is 1.13. The molecule has 0 heteroatoms. The first-order chi connectivity index (χ1) is 4.38. The molecule has 0 aromatic rings. The molecule has 0 bridgehead atoms. The van der Waals surface area contributed by atoms with E-state index in [4.69, 9.17) is 0 Å². The summed E-state index contributed by atoms with van der Waals surface area (Å²) in [6, 6.07) is 0. The van der Waals surface area contributed by atoms with Gasteiger partial charge < -0.3 is 0 Å². The normalized spacial score (nSPS) is 26.4. The standard InChI is InChI=1S/C9H12/c1-3-8-6-5-7-9(8)4-2/h3-6H,7H2,1-2H3/b8-3-,9-4-. The minimum absolute atomic E-state index is 1.12. The summed E-state index contributed by atoms with van der Waals surface area (Å²) in [4.78, 5) is 0. The molecular formula is C9H12. The Morgan fingerprint density at radius 1 is 1.33 bits per heavy atom. The molecule has 1 rings (SSSR count). The average Bonchev–Trinajstić information content (AvgIpc) is 2.33. The molecule has 1 aliphatic carbocycles. The molecule has 0 atom stereocenters. The van der Waals surface area contributed by atoms with Crippen LogP contribution in [0.3, 0.4) is 0 Å². The Kier molecular flexibility index (Phi) is 1.88. The maximum atomic E-state index is 2.20. The molecule has 0 radical (unpaired) electrons. The molecular weight excluding hydrogens is 108 g/mol. The van der Waals surface area contributed by atoms with Gasteiger partial charge in [0.2, 0.25) is 0 Å². The Hall–Kier alpha value is -0.780. The van der Waals surface area contributed by atoms with Crippen molar-refractivity contribution in [2.24, 2.45) is 0 Å². The van der Waals surface area contributed by atoms with Gasteiger partial charge in [-0.05, 0) is 31.4 Å². The lowest BCUT2D eigenvalue weighted by Gasteiger charge is -1.94. The third-order valence-electron chi connectivity index (χ3n) is 1.67. The lowest BCUT2D eigenvalue weighted by atomic mass is 10.1. The number of hydrogen-bond acceptors (Lipinski definition) is 0. The van der Waals surface area contributed by atoms with Gasteiger partial charge in [0.1, 0.15) is 0 Å². The lowest BCUT2D eigenvalue weighted by molar-refractivity contribution is 1.29. The lowest BCUT2D eigenvalue weighted by Crippen LogP contribution is -1.75. The highest BCUT2D eigenvalue weighted by atomic mass is 14.1. The zero-order valence-electron chi connectivity index (χ0n) is 6.02. The second-order valence-corrected chi connectivity index (χ2v) is 2.16. The van der Waals surface area contributed by atoms with Crippen LogP contribution in [0, 0.1) is 0 Å². The highest BCUT2D eigenvalue weighted by molar-refractivity contribution is 5.45. The van der Waals surface area contributed by atoms with Gasteiger partial charge >= 0.3 is 0 Å². The van der Waals surface area contributed by atoms with Gasteiger partial charge in [-0.15, -0.1) is 0 Å². The zero-order valence-corrected chi connectivity index (χ0v) is 6.02. The van der Waals surface area contributed by atoms with Crippen molar-refractivity contribution in [3.05, 3.63) is 35.5 Å². The quantitative estimate of drug-likeness (QED) is 0.461. The van der Waals surface area contributed by atoms with Gasteiger partial charge in [-0.2, -0.15) is 0 Å². The molecule has 0 aromatic carbocycles. The van der Waals surface area contributed by atoms with Crippen LogP contribution >= 0.6 is 0 Å². The predicted octanol–water partition coefficient (Wildman–Crippen LogP) is 2.84. The van der Waals surface area contributed by atoms with E-state index in [1.54, 1.807) is 0 Å². The van der Waals surface area contributed by atoms with Crippen molar-refractivity contribution in [2.45, 2.75) is 20.3 Å². The number of rotatable bonds is 0. The zero-order chi connectivity index (χ0) is 6.69. The molecule has 0 saturated carbocycles. The Bertz CT molecular complexity index is 180. The van der Waals surface area contributed by atoms with Gasteiger partial charge in [0.25, 0.3) is 0 Å². The Balaban J connectivity index is 2.84. The second-order valence-electron chi connectivity index (χ2n) is 2.16. The van der Waals surface area contributed by atoms with Crippen LogP contribution in [0.5, 0.6) is 0 Å². The summed E-state index contributed by atoms with van der Waals surface area (Å²) < 4.78 is 0. The fourth-order valence-corrected chi connectivity index (χ4v) is 1.10. The van der Waals surface area contributed by atoms with E-state index in [9.17, 15) is 0 Å². The molecule has 0 unspecified atom stereocenters. The van der Waals surface area contributed by atoms with E-state index in [1.807, 2.05) is 0 Å². The Morgan fingerprint density at radius 3 is 2.56 bits per heavy atom. The smallest absolute Gasteiger partial charge is 0.00916 e. The van der Waals surface area contributed by atoms with Crippen molar-refractivity contribution in [1.82, 2.24) is 0 Å². The summed E-state index contributed by atoms with van der Waals surface area (Å²) in [5.41, 5.74) is 2.84. The maximum absolute atomic E-state index is 2.20. The SMILES string of the molecule is C/C=C1/C=CC/C1=C/C. The topological polar surface area (TPSA) is 0 Å². The van der Waals surface area contributed by atoms with Gasteiger partial charge in [0.05, 0.1) is 0 Å². The van der Waals surface area contributed by atoms with Gasteiger partial charge in [0.15, 0.2) is 0 Å². The highest BCUT2D eigenvalue weighted by Crippen LogP contribution is 2.22. The second kappa shape index (κ2) is 2.67. The van der Waals surface area contributed by atoms with Crippen molar-refractivity contribution < 1.29 is 0 Å². The van der Waals surface area contributed by atoms with E-state index in [1.165, 1.54) is 11.1 Å². The fraction of sp³-hybridized carbons (Fsp3) is 0.333. The van der Waals surface area contributed by atoms with E-state index in [0.29, 0.717) is 0 Å². The molecule has 48 valence electrons. The molecule has 0 saturated heterocycles. The largest absolute Gasteiger partial charge is 0.0835 e. The summed E-state index contributed by atoms with van der Waals surface area (Å²) in [7, 11) is 0. The summed E-state index contributed by atoms with van der Waals surface area (Å²) >= 11 is 0. The summed E-state index contributed by atoms with van der Waals surface area (Å²) in [6.07, 6.45) is 9.82. The first-order valence-electron chi connectivity index (χ1n) is 3.37. The third-order valence-corrected chi connectivity index (χ3v) is 1.67. The molecule has 0 spiro atoms. The number of allylic oxidation sites excluding steroid dienone is 6. The molecule has 0 nitrogen and oxygen atoms in total. The van der Waals surface area contributed by atoms with Crippen LogP contribution in [0.2, 0.25) is 0 Å². The number of hydrogen-bond donors (Lipinski definition) is 0. The molecule has 0 aliphatic heterocycles. The molecule has 1 aliphatic rings. The van der Waals surface area contributed by atoms with E-state index in [-0.39, 0.29) is 0 Å². The van der Waals surface area contributed by atoms with Crippen LogP contribution in [0.15, 0.2) is 35.5 Å². The Labute approximate surface area is 56.6 Å². The average molecular weight is 120 g/mol. The van der Waals surface area contributed by atoms with E-state index >= 15 is 0 Å². The summed E-state index contributed by atoms with van der Waals surface area (Å²) in [6.45, 7) is 4.17. The Morgan fingerprint density at radius 2 is 2.11 bits per heavy atom. The van der Waals surface area contributed by atoms with Crippen molar-refractivity contribution in [1.29, 1.82) is 0 Å². The molecule has 0 aromatic heterocycles. The predicted molar refractivity (Wildman–Crippen MR) is 41.3 cm³/mol. The first-order valence-corrected chi connectivity index (χ1v) is 3.37. The molecule has 0 amide bonds. The first kappa shape index (κ1) is 6.34. The summed E-state index contributed by atoms with van der Waals surface area (Å²) in [5, 5.41) is 0. The van der Waals surface area contributed by atoms with Crippen LogP contribution in [0.1, 0.15) is 20.3 Å². The molecule has 0 heterocycles. The van der Waals surface area contributed by atoms with Crippen LogP contribution in [-0.2, 0) is 0 Å². The maximum Gasteiger partial charge on any atom is -0.00916 e. The monoisotopic (exact) mass is 120 g/mol. The molecule has 0 N–H and O–H groups in total. The van der Waals surface area contributed by atoms with E-state index in [2.05, 4.69) is 38.2 Å². The van der Waals surface area contributed by atoms with Gasteiger partial charge in [-0.25, -0.2) is 0 Å². The highest BCUT2D eigenvalue weighted by Gasteiger charge is 2.02. The van der Waals surface area contributed by atoms with E-state index in [0.717, 1.165) is 6.42 Å². The van der Waals surface area contributed by atoms with Crippen LogP contribution in [0.25, 0.3) is 0 Å². The van der Waals surface area contributed by atoms with Crippen molar-refractivity contribution in [3.8, 4) is 0 Å². The van der Waals surface area contributed by atoms with Crippen molar-refractivity contribution >= 4 is 0 Å². The molecule has 9 heavy (non-hydrogen) atoms. The van der Waals surface area contributed by atoms with Gasteiger partial charge in [-0.3, -0.25) is 0 Å². The van der Waals surface area contributed by atoms with Crippen molar-refractivity contribution in [3.63, 3.8) is 0 Å². The van der Waals surface area contributed by atoms with E-state index < -0.39 is 0 Å². The van der Waals surface area contributed by atoms with Crippen molar-refractivity contribution in [2.75, 3.05) is 0 Å². The van der Waals surface area contributed by atoms with Gasteiger partial charge in [-0.1, -0.05) is 24.3 Å².